The van der Waals surface area contributed by atoms with Crippen molar-refractivity contribution in [1.29, 1.82) is 0 Å². The minimum absolute atomic E-state index is 0. The molecule has 0 fully saturated rings. The second kappa shape index (κ2) is 7.40. The number of anilines is 1. The van der Waals surface area contributed by atoms with E-state index in [1.807, 2.05) is 0 Å². The van der Waals surface area contributed by atoms with Crippen LogP contribution in [0.4, 0.5) is 5.82 Å². The van der Waals surface area contributed by atoms with Gasteiger partial charge in [0.15, 0.2) is 5.78 Å². The fourth-order valence-corrected chi connectivity index (χ4v) is 2.25. The number of halogens is 2. The lowest BCUT2D eigenvalue weighted by atomic mass is 10.0. The van der Waals surface area contributed by atoms with Crippen LogP contribution in [0.15, 0.2) is 42.6 Å². The molecule has 20 heavy (non-hydrogen) atoms. The topological polar surface area (TPSA) is 65.2 Å². The van der Waals surface area contributed by atoms with Crippen LogP contribution >= 0.6 is 32.9 Å². The molecule has 1 atom stereocenters. The molecule has 6 heteroatoms. The molecule has 0 aliphatic carbocycles. The van der Waals surface area contributed by atoms with Crippen molar-refractivity contribution in [3.8, 4) is 5.75 Å². The van der Waals surface area contributed by atoms with Crippen molar-refractivity contribution in [2.24, 2.45) is 0 Å². The molecule has 0 aliphatic rings. The molecule has 1 aromatic heterocycles. The smallest absolute Gasteiger partial charge is 0.181 e. The standard InChI is InChI=1S/C14H13BrN2O2.BrH/c1-19-11-4-2-3-10(7-11)14(18)13(15)9-5-6-17-12(16)8-9;/h2-8,13H,1H3,(H2,16,17);1H. The van der Waals surface area contributed by atoms with E-state index in [2.05, 4.69) is 20.9 Å². The molecule has 106 valence electrons. The third-order valence-corrected chi connectivity index (χ3v) is 3.63. The third-order valence-electron chi connectivity index (χ3n) is 2.68. The van der Waals surface area contributed by atoms with Crippen LogP contribution in [0, 0.1) is 0 Å². The molecule has 0 amide bonds. The summed E-state index contributed by atoms with van der Waals surface area (Å²) in [6.45, 7) is 0. The van der Waals surface area contributed by atoms with Gasteiger partial charge in [-0.2, -0.15) is 0 Å². The van der Waals surface area contributed by atoms with Crippen LogP contribution in [0.5, 0.6) is 5.75 Å². The van der Waals surface area contributed by atoms with Gasteiger partial charge in [-0.05, 0) is 29.8 Å². The van der Waals surface area contributed by atoms with Gasteiger partial charge in [0, 0.05) is 11.8 Å². The number of nitrogens with two attached hydrogens (primary N) is 1. The van der Waals surface area contributed by atoms with Crippen molar-refractivity contribution in [2.45, 2.75) is 4.83 Å². The fraction of sp³-hybridized carbons (Fsp3) is 0.143. The van der Waals surface area contributed by atoms with E-state index < -0.39 is 4.83 Å². The lowest BCUT2D eigenvalue weighted by Gasteiger charge is -2.10. The average Bonchev–Trinajstić information content (AvgIpc) is 2.45. The number of pyridine rings is 1. The number of ether oxygens (including phenoxy) is 1. The van der Waals surface area contributed by atoms with Crippen molar-refractivity contribution in [1.82, 2.24) is 4.98 Å². The van der Waals surface area contributed by atoms with Gasteiger partial charge < -0.3 is 10.5 Å². The number of rotatable bonds is 4. The number of methoxy groups -OCH3 is 1. The van der Waals surface area contributed by atoms with Crippen molar-refractivity contribution >= 4 is 44.5 Å². The first-order valence-electron chi connectivity index (χ1n) is 5.65. The summed E-state index contributed by atoms with van der Waals surface area (Å²) in [6, 6.07) is 10.5. The number of nitrogen functional groups attached to an aromatic ring is 1. The number of alkyl halides is 1. The lowest BCUT2D eigenvalue weighted by molar-refractivity contribution is 0.0991. The highest BCUT2D eigenvalue weighted by molar-refractivity contribution is 9.09. The maximum absolute atomic E-state index is 12.4. The Morgan fingerprint density at radius 3 is 2.75 bits per heavy atom. The Hall–Kier alpha value is -1.40. The Labute approximate surface area is 136 Å². The first-order valence-corrected chi connectivity index (χ1v) is 6.57. The quantitative estimate of drug-likeness (QED) is 0.628. The molecule has 2 aromatic rings. The largest absolute Gasteiger partial charge is 0.497 e. The Kier molecular flexibility index (Phi) is 6.16. The van der Waals surface area contributed by atoms with Gasteiger partial charge in [0.05, 0.1) is 7.11 Å². The van der Waals surface area contributed by atoms with E-state index in [1.165, 1.54) is 0 Å². The summed E-state index contributed by atoms with van der Waals surface area (Å²) >= 11 is 3.40. The number of aromatic nitrogens is 1. The molecule has 0 radical (unpaired) electrons. The van der Waals surface area contributed by atoms with E-state index in [9.17, 15) is 4.79 Å². The number of ketones is 1. The Morgan fingerprint density at radius 1 is 1.35 bits per heavy atom. The Bertz CT molecular complexity index is 605. The molecule has 0 spiro atoms. The van der Waals surface area contributed by atoms with Crippen molar-refractivity contribution in [2.75, 3.05) is 12.8 Å². The minimum atomic E-state index is -0.454. The summed E-state index contributed by atoms with van der Waals surface area (Å²) < 4.78 is 5.11. The SMILES string of the molecule is Br.COc1cccc(C(=O)C(Br)c2ccnc(N)c2)c1. The summed E-state index contributed by atoms with van der Waals surface area (Å²) in [5, 5.41) is 0. The van der Waals surface area contributed by atoms with Gasteiger partial charge in [0.25, 0.3) is 0 Å². The first kappa shape index (κ1) is 16.7. The molecule has 1 aromatic carbocycles. The van der Waals surface area contributed by atoms with E-state index in [0.29, 0.717) is 17.1 Å². The van der Waals surface area contributed by atoms with Crippen LogP contribution in [-0.2, 0) is 0 Å². The Balaban J connectivity index is 0.00000200. The van der Waals surface area contributed by atoms with E-state index in [4.69, 9.17) is 10.5 Å². The fourth-order valence-electron chi connectivity index (χ4n) is 1.70. The summed E-state index contributed by atoms with van der Waals surface area (Å²) in [7, 11) is 1.57. The Morgan fingerprint density at radius 2 is 2.10 bits per heavy atom. The zero-order valence-electron chi connectivity index (χ0n) is 10.7. The summed E-state index contributed by atoms with van der Waals surface area (Å²) in [5.74, 6) is 0.990. The van der Waals surface area contributed by atoms with Crippen LogP contribution < -0.4 is 10.5 Å². The number of benzene rings is 1. The predicted octanol–water partition coefficient (Wildman–Crippen LogP) is 3.57. The van der Waals surface area contributed by atoms with Crippen LogP contribution in [0.1, 0.15) is 20.7 Å². The average molecular weight is 402 g/mol. The van der Waals surface area contributed by atoms with Crippen LogP contribution in [0.25, 0.3) is 0 Å². The molecular formula is C14H14Br2N2O2. The molecular weight excluding hydrogens is 388 g/mol. The number of carbonyl (C=O) groups excluding carboxylic acids is 1. The van der Waals surface area contributed by atoms with E-state index in [0.717, 1.165) is 5.56 Å². The first-order chi connectivity index (χ1) is 9.11. The number of carbonyl (C=O) groups is 1. The zero-order chi connectivity index (χ0) is 13.8. The van der Waals surface area contributed by atoms with Crippen LogP contribution in [0.2, 0.25) is 0 Å². The second-order valence-corrected chi connectivity index (χ2v) is 4.89. The van der Waals surface area contributed by atoms with Crippen molar-refractivity contribution in [3.63, 3.8) is 0 Å². The van der Waals surface area contributed by atoms with Gasteiger partial charge in [0.1, 0.15) is 16.4 Å². The molecule has 4 nitrogen and oxygen atoms in total. The van der Waals surface area contributed by atoms with E-state index in [-0.39, 0.29) is 22.8 Å². The molecule has 2 N–H and O–H groups in total. The lowest BCUT2D eigenvalue weighted by Crippen LogP contribution is -2.08. The summed E-state index contributed by atoms with van der Waals surface area (Å²) in [4.78, 5) is 15.8. The van der Waals surface area contributed by atoms with Crippen LogP contribution in [0.3, 0.4) is 0 Å². The third kappa shape index (κ3) is 3.80. The second-order valence-electron chi connectivity index (χ2n) is 3.97. The molecule has 1 heterocycles. The summed E-state index contributed by atoms with van der Waals surface area (Å²) in [5.41, 5.74) is 6.98. The highest BCUT2D eigenvalue weighted by atomic mass is 79.9. The maximum atomic E-state index is 12.4. The number of hydrogen-bond donors (Lipinski definition) is 1. The van der Waals surface area contributed by atoms with Gasteiger partial charge in [-0.15, -0.1) is 17.0 Å². The molecule has 2 rings (SSSR count). The van der Waals surface area contributed by atoms with E-state index >= 15 is 0 Å². The number of Topliss-reactive ketones (excluding diaryl/α,β-unsaturated/α-hetero) is 1. The van der Waals surface area contributed by atoms with Gasteiger partial charge >= 0.3 is 0 Å². The highest BCUT2D eigenvalue weighted by Gasteiger charge is 2.19. The van der Waals surface area contributed by atoms with E-state index in [1.54, 1.807) is 49.7 Å². The molecule has 0 saturated heterocycles. The molecule has 1 unspecified atom stereocenters. The number of hydrogen-bond acceptors (Lipinski definition) is 4. The van der Waals surface area contributed by atoms with Crippen molar-refractivity contribution in [3.05, 3.63) is 53.7 Å². The van der Waals surface area contributed by atoms with Gasteiger partial charge in [-0.3, -0.25) is 4.79 Å². The van der Waals surface area contributed by atoms with Crippen LogP contribution in [-0.4, -0.2) is 17.9 Å². The monoisotopic (exact) mass is 400 g/mol. The normalized spacial score (nSPS) is 11.3. The van der Waals surface area contributed by atoms with Gasteiger partial charge in [-0.25, -0.2) is 4.98 Å². The minimum Gasteiger partial charge on any atom is -0.497 e. The van der Waals surface area contributed by atoms with Gasteiger partial charge in [-0.1, -0.05) is 28.1 Å². The molecule has 0 aliphatic heterocycles. The number of nitrogens with zero attached hydrogens (tertiary/aromatic N) is 1. The molecule has 0 bridgehead atoms. The maximum Gasteiger partial charge on any atom is 0.181 e. The predicted molar refractivity (Wildman–Crippen MR) is 88.0 cm³/mol. The zero-order valence-corrected chi connectivity index (χ0v) is 14.0. The summed E-state index contributed by atoms with van der Waals surface area (Å²) in [6.07, 6.45) is 1.58. The highest BCUT2D eigenvalue weighted by Crippen LogP contribution is 2.28. The molecule has 0 saturated carbocycles. The van der Waals surface area contributed by atoms with Crippen molar-refractivity contribution < 1.29 is 9.53 Å². The van der Waals surface area contributed by atoms with Gasteiger partial charge in [0.2, 0.25) is 0 Å².